The first-order valence-electron chi connectivity index (χ1n) is 8.30. The smallest absolute Gasteiger partial charge is 0.129 e. The lowest BCUT2D eigenvalue weighted by atomic mass is 9.82. The third-order valence-corrected chi connectivity index (χ3v) is 4.56. The monoisotopic (exact) mass is 293 g/mol. The molecule has 2 rings (SSSR count). The fraction of sp³-hybridized carbons (Fsp3) is 0.667. The van der Waals surface area contributed by atoms with Crippen LogP contribution in [0.4, 0.5) is 4.39 Å². The highest BCUT2D eigenvalue weighted by atomic mass is 19.1. The van der Waals surface area contributed by atoms with Crippen molar-refractivity contribution in [2.24, 2.45) is 5.92 Å². The van der Waals surface area contributed by atoms with Crippen molar-refractivity contribution in [3.8, 4) is 5.75 Å². The highest BCUT2D eigenvalue weighted by Gasteiger charge is 2.31. The Balaban J connectivity index is 2.05. The lowest BCUT2D eigenvalue weighted by molar-refractivity contribution is 0.0846. The van der Waals surface area contributed by atoms with Crippen LogP contribution in [0.5, 0.6) is 5.75 Å². The second-order valence-electron chi connectivity index (χ2n) is 6.22. The maximum absolute atomic E-state index is 13.7. The van der Waals surface area contributed by atoms with E-state index in [1.807, 2.05) is 6.07 Å². The Bertz CT molecular complexity index is 449. The van der Waals surface area contributed by atoms with Crippen molar-refractivity contribution in [2.75, 3.05) is 6.54 Å². The molecule has 118 valence electrons. The van der Waals surface area contributed by atoms with Gasteiger partial charge in [-0.3, -0.25) is 0 Å². The summed E-state index contributed by atoms with van der Waals surface area (Å²) in [6.45, 7) is 7.21. The molecule has 0 heterocycles. The van der Waals surface area contributed by atoms with Crippen LogP contribution in [0.3, 0.4) is 0 Å². The summed E-state index contributed by atoms with van der Waals surface area (Å²) in [5, 5.41) is 3.59. The third-order valence-electron chi connectivity index (χ3n) is 4.56. The van der Waals surface area contributed by atoms with Gasteiger partial charge in [-0.15, -0.1) is 0 Å². The Kier molecular flexibility index (Phi) is 6.04. The van der Waals surface area contributed by atoms with Crippen LogP contribution in [0.25, 0.3) is 0 Å². The van der Waals surface area contributed by atoms with E-state index in [0.717, 1.165) is 31.7 Å². The third kappa shape index (κ3) is 4.44. The summed E-state index contributed by atoms with van der Waals surface area (Å²) in [6.07, 6.45) is 5.95. The van der Waals surface area contributed by atoms with Gasteiger partial charge in [-0.25, -0.2) is 4.39 Å². The van der Waals surface area contributed by atoms with Gasteiger partial charge in [0.2, 0.25) is 0 Å². The Morgan fingerprint density at radius 2 is 2.10 bits per heavy atom. The molecular weight excluding hydrogens is 265 g/mol. The minimum absolute atomic E-state index is 0.150. The molecule has 1 aliphatic carbocycles. The van der Waals surface area contributed by atoms with Gasteiger partial charge in [-0.1, -0.05) is 26.3 Å². The van der Waals surface area contributed by atoms with Gasteiger partial charge in [0.1, 0.15) is 17.7 Å². The second kappa shape index (κ2) is 7.79. The normalized spacial score (nSPS) is 25.8. The lowest BCUT2D eigenvalue weighted by Crippen LogP contribution is -2.47. The van der Waals surface area contributed by atoms with Crippen LogP contribution in [0.1, 0.15) is 51.5 Å². The first kappa shape index (κ1) is 16.3. The number of halogens is 1. The Morgan fingerprint density at radius 1 is 1.29 bits per heavy atom. The van der Waals surface area contributed by atoms with Crippen LogP contribution < -0.4 is 10.1 Å². The largest absolute Gasteiger partial charge is 0.489 e. The summed E-state index contributed by atoms with van der Waals surface area (Å²) < 4.78 is 19.8. The maximum Gasteiger partial charge on any atom is 0.129 e. The van der Waals surface area contributed by atoms with E-state index >= 15 is 0 Å². The van der Waals surface area contributed by atoms with E-state index in [2.05, 4.69) is 19.2 Å². The molecule has 0 amide bonds. The standard InChI is InChI=1S/C18H28FNO/c1-4-10-20-17-9-7-14(5-2)11-18(17)21-15-8-6-13(3)16(19)12-15/h6,8,12,14,17-18,20H,4-5,7,9-11H2,1-3H3. The average molecular weight is 293 g/mol. The SMILES string of the molecule is CCCNC1CCC(CC)CC1Oc1ccc(C)c(F)c1. The fourth-order valence-corrected chi connectivity index (χ4v) is 3.10. The highest BCUT2D eigenvalue weighted by molar-refractivity contribution is 5.28. The van der Waals surface area contributed by atoms with E-state index in [4.69, 9.17) is 4.74 Å². The number of ether oxygens (including phenoxy) is 1. The number of hydrogen-bond acceptors (Lipinski definition) is 2. The topological polar surface area (TPSA) is 21.3 Å². The molecule has 1 saturated carbocycles. The molecule has 3 unspecified atom stereocenters. The van der Waals surface area contributed by atoms with Gasteiger partial charge in [0.15, 0.2) is 0 Å². The van der Waals surface area contributed by atoms with Crippen LogP contribution in [0, 0.1) is 18.7 Å². The quantitative estimate of drug-likeness (QED) is 0.836. The molecule has 3 atom stereocenters. The van der Waals surface area contributed by atoms with Crippen LogP contribution in [-0.4, -0.2) is 18.7 Å². The van der Waals surface area contributed by atoms with Crippen molar-refractivity contribution in [1.82, 2.24) is 5.32 Å². The molecule has 3 heteroatoms. The molecule has 0 saturated heterocycles. The minimum atomic E-state index is -0.187. The van der Waals surface area contributed by atoms with Gasteiger partial charge in [0, 0.05) is 12.1 Å². The highest BCUT2D eigenvalue weighted by Crippen LogP contribution is 2.30. The zero-order chi connectivity index (χ0) is 15.2. The molecule has 1 aliphatic rings. The number of nitrogens with one attached hydrogen (secondary N) is 1. The Morgan fingerprint density at radius 3 is 2.76 bits per heavy atom. The first-order chi connectivity index (χ1) is 10.1. The van der Waals surface area contributed by atoms with Crippen LogP contribution in [-0.2, 0) is 0 Å². The van der Waals surface area contributed by atoms with Crippen molar-refractivity contribution in [3.63, 3.8) is 0 Å². The molecule has 0 bridgehead atoms. The second-order valence-corrected chi connectivity index (χ2v) is 6.22. The van der Waals surface area contributed by atoms with Gasteiger partial charge in [0.05, 0.1) is 0 Å². The van der Waals surface area contributed by atoms with E-state index in [1.165, 1.54) is 18.9 Å². The van der Waals surface area contributed by atoms with Crippen molar-refractivity contribution in [2.45, 2.75) is 65.0 Å². The molecule has 0 spiro atoms. The van der Waals surface area contributed by atoms with E-state index in [-0.39, 0.29) is 11.9 Å². The predicted octanol–water partition coefficient (Wildman–Crippen LogP) is 4.46. The van der Waals surface area contributed by atoms with Crippen molar-refractivity contribution in [3.05, 3.63) is 29.6 Å². The van der Waals surface area contributed by atoms with E-state index in [1.54, 1.807) is 13.0 Å². The fourth-order valence-electron chi connectivity index (χ4n) is 3.10. The molecule has 1 fully saturated rings. The van der Waals surface area contributed by atoms with Crippen LogP contribution in [0.2, 0.25) is 0 Å². The zero-order valence-electron chi connectivity index (χ0n) is 13.5. The van der Waals surface area contributed by atoms with Crippen LogP contribution >= 0.6 is 0 Å². The van der Waals surface area contributed by atoms with Crippen molar-refractivity contribution >= 4 is 0 Å². The Hall–Kier alpha value is -1.09. The molecule has 21 heavy (non-hydrogen) atoms. The van der Waals surface area contributed by atoms with Gasteiger partial charge in [-0.2, -0.15) is 0 Å². The molecule has 1 aromatic carbocycles. The lowest BCUT2D eigenvalue weighted by Gasteiger charge is -2.36. The summed E-state index contributed by atoms with van der Waals surface area (Å²) in [5.74, 6) is 1.20. The molecule has 1 N–H and O–H groups in total. The van der Waals surface area contributed by atoms with Crippen LogP contribution in [0.15, 0.2) is 18.2 Å². The average Bonchev–Trinajstić information content (AvgIpc) is 2.49. The van der Waals surface area contributed by atoms with Crippen molar-refractivity contribution < 1.29 is 9.13 Å². The minimum Gasteiger partial charge on any atom is -0.489 e. The predicted molar refractivity (Wildman–Crippen MR) is 85.3 cm³/mol. The maximum atomic E-state index is 13.7. The zero-order valence-corrected chi connectivity index (χ0v) is 13.5. The molecule has 1 aromatic rings. The first-order valence-corrected chi connectivity index (χ1v) is 8.30. The van der Waals surface area contributed by atoms with Crippen molar-refractivity contribution in [1.29, 1.82) is 0 Å². The summed E-state index contributed by atoms with van der Waals surface area (Å²) in [5.41, 5.74) is 0.665. The molecule has 0 aliphatic heterocycles. The number of aryl methyl sites for hydroxylation is 1. The van der Waals surface area contributed by atoms with E-state index in [9.17, 15) is 4.39 Å². The molecule has 0 radical (unpaired) electrons. The van der Waals surface area contributed by atoms with E-state index < -0.39 is 0 Å². The van der Waals surface area contributed by atoms with E-state index in [0.29, 0.717) is 17.4 Å². The molecule has 2 nitrogen and oxygen atoms in total. The van der Waals surface area contributed by atoms with Gasteiger partial charge in [0.25, 0.3) is 0 Å². The molecular formula is C18H28FNO. The summed E-state index contributed by atoms with van der Waals surface area (Å²) in [7, 11) is 0. The summed E-state index contributed by atoms with van der Waals surface area (Å²) >= 11 is 0. The van der Waals surface area contributed by atoms with Gasteiger partial charge >= 0.3 is 0 Å². The number of hydrogen-bond donors (Lipinski definition) is 1. The number of rotatable bonds is 6. The molecule has 0 aromatic heterocycles. The number of benzene rings is 1. The van der Waals surface area contributed by atoms with Gasteiger partial charge < -0.3 is 10.1 Å². The summed E-state index contributed by atoms with van der Waals surface area (Å²) in [4.78, 5) is 0. The summed E-state index contributed by atoms with van der Waals surface area (Å²) in [6, 6.07) is 5.57. The Labute approximate surface area is 128 Å². The van der Waals surface area contributed by atoms with Gasteiger partial charge in [-0.05, 0) is 56.7 Å².